The quantitative estimate of drug-likeness (QED) is 0.587. The number of ether oxygens (including phenoxy) is 1. The van der Waals surface area contributed by atoms with E-state index in [0.717, 1.165) is 31.2 Å². The number of nitrogens with one attached hydrogen (secondary N) is 1. The number of amides is 2. The molecule has 9 heteroatoms. The Morgan fingerprint density at radius 3 is 2.76 bits per heavy atom. The first kappa shape index (κ1) is 26.1. The lowest BCUT2D eigenvalue weighted by atomic mass is 9.43. The number of carbonyl (C=O) groups is 2. The van der Waals surface area contributed by atoms with Crippen LogP contribution >= 0.6 is 0 Å². The van der Waals surface area contributed by atoms with Gasteiger partial charge in [-0.1, -0.05) is 44.2 Å². The maximum absolute atomic E-state index is 13.2. The van der Waals surface area contributed by atoms with E-state index in [4.69, 9.17) is 19.3 Å². The van der Waals surface area contributed by atoms with Crippen molar-refractivity contribution in [2.24, 2.45) is 17.3 Å². The van der Waals surface area contributed by atoms with Gasteiger partial charge in [0.05, 0.1) is 30.3 Å². The highest BCUT2D eigenvalue weighted by Crippen LogP contribution is 2.65. The summed E-state index contributed by atoms with van der Waals surface area (Å²) in [7, 11) is -0.569. The second kappa shape index (κ2) is 10.3. The van der Waals surface area contributed by atoms with E-state index in [2.05, 4.69) is 26.1 Å². The molecule has 1 unspecified atom stereocenters. The van der Waals surface area contributed by atoms with Crippen molar-refractivity contribution in [2.45, 2.75) is 89.5 Å². The molecule has 8 nitrogen and oxygen atoms in total. The fourth-order valence-electron chi connectivity index (χ4n) is 7.10. The van der Waals surface area contributed by atoms with Crippen LogP contribution in [-0.4, -0.2) is 60.9 Å². The predicted octanol–water partition coefficient (Wildman–Crippen LogP) is 3.89. The highest BCUT2D eigenvalue weighted by Gasteiger charge is 2.68. The Labute approximate surface area is 220 Å². The SMILES string of the molecule is CC1(C)[C@@H]2C[C@H]3OB(C(Cc4ccccc4)NC(=O)O[C@@H]4CCCCN(C(=O)CC#N)C4)O[C@@]3(C)[C@H]1C2. The average molecular weight is 507 g/mol. The smallest absolute Gasteiger partial charge is 0.444 e. The molecule has 3 aliphatic carbocycles. The van der Waals surface area contributed by atoms with E-state index in [0.29, 0.717) is 37.8 Å². The van der Waals surface area contributed by atoms with Gasteiger partial charge in [0.1, 0.15) is 12.5 Å². The van der Waals surface area contributed by atoms with Crippen LogP contribution in [0.5, 0.6) is 0 Å². The fraction of sp³-hybridized carbons (Fsp3) is 0.679. The number of nitrogens with zero attached hydrogens (tertiary/aromatic N) is 2. The zero-order chi connectivity index (χ0) is 26.2. The summed E-state index contributed by atoms with van der Waals surface area (Å²) in [5, 5.41) is 12.0. The van der Waals surface area contributed by atoms with Gasteiger partial charge < -0.3 is 24.3 Å². The van der Waals surface area contributed by atoms with Gasteiger partial charge in [0.15, 0.2) is 0 Å². The summed E-state index contributed by atoms with van der Waals surface area (Å²) in [5.74, 6) is 0.441. The number of benzene rings is 1. The van der Waals surface area contributed by atoms with Crippen LogP contribution < -0.4 is 5.32 Å². The lowest BCUT2D eigenvalue weighted by Gasteiger charge is -2.64. The van der Waals surface area contributed by atoms with Crippen molar-refractivity contribution >= 4 is 19.1 Å². The summed E-state index contributed by atoms with van der Waals surface area (Å²) in [6.07, 6.45) is 3.98. The molecule has 3 saturated carbocycles. The molecule has 198 valence electrons. The van der Waals surface area contributed by atoms with E-state index < -0.39 is 25.3 Å². The zero-order valence-electron chi connectivity index (χ0n) is 22.2. The molecular weight excluding hydrogens is 469 g/mol. The van der Waals surface area contributed by atoms with E-state index in [1.807, 2.05) is 36.4 Å². The standard InChI is InChI=1S/C28H38BN3O5/c1-27(2)20-16-22(27)28(3)23(17-20)36-29(37-28)24(15-19-9-5-4-6-10-19)31-26(34)35-21-11-7-8-14-32(18-21)25(33)12-13-30/h4-6,9-10,20-24H,7-8,11-12,14-18H2,1-3H3,(H,31,34)/t20-,21+,22-,23+,24?,28-/m0/s1. The lowest BCUT2D eigenvalue weighted by Crippen LogP contribution is -2.65. The maximum Gasteiger partial charge on any atom is 0.482 e. The van der Waals surface area contributed by atoms with Gasteiger partial charge in [-0.3, -0.25) is 4.79 Å². The van der Waals surface area contributed by atoms with Crippen LogP contribution in [0.3, 0.4) is 0 Å². The first-order valence-corrected chi connectivity index (χ1v) is 13.7. The third-order valence-corrected chi connectivity index (χ3v) is 9.38. The Bertz CT molecular complexity index is 1050. The van der Waals surface area contributed by atoms with Crippen molar-refractivity contribution in [2.75, 3.05) is 13.1 Å². The van der Waals surface area contributed by atoms with Gasteiger partial charge in [-0.05, 0) is 68.3 Å². The van der Waals surface area contributed by atoms with Crippen LogP contribution in [0.15, 0.2) is 30.3 Å². The monoisotopic (exact) mass is 507 g/mol. The van der Waals surface area contributed by atoms with E-state index in [-0.39, 0.29) is 29.4 Å². The molecule has 2 heterocycles. The topological polar surface area (TPSA) is 101 Å². The summed E-state index contributed by atoms with van der Waals surface area (Å²) in [6, 6.07) is 11.9. The molecule has 0 spiro atoms. The van der Waals surface area contributed by atoms with Crippen LogP contribution in [0.25, 0.3) is 0 Å². The lowest BCUT2D eigenvalue weighted by molar-refractivity contribution is -0.199. The second-order valence-corrected chi connectivity index (χ2v) is 12.0. The minimum absolute atomic E-state index is 0.0203. The van der Waals surface area contributed by atoms with Gasteiger partial charge in [-0.25, -0.2) is 4.79 Å². The molecule has 0 radical (unpaired) electrons. The number of rotatable bonds is 6. The zero-order valence-corrected chi connectivity index (χ0v) is 22.2. The fourth-order valence-corrected chi connectivity index (χ4v) is 7.10. The van der Waals surface area contributed by atoms with Crippen molar-refractivity contribution < 1.29 is 23.6 Å². The molecule has 5 fully saturated rings. The molecule has 1 N–H and O–H groups in total. The third-order valence-electron chi connectivity index (χ3n) is 9.38. The third kappa shape index (κ3) is 5.11. The molecule has 5 aliphatic rings. The van der Waals surface area contributed by atoms with Gasteiger partial charge in [0, 0.05) is 6.54 Å². The molecule has 6 rings (SSSR count). The van der Waals surface area contributed by atoms with E-state index in [1.165, 1.54) is 0 Å². The molecule has 1 aromatic carbocycles. The molecule has 1 aromatic rings. The van der Waals surface area contributed by atoms with E-state index >= 15 is 0 Å². The average Bonchev–Trinajstić information content (AvgIpc) is 3.06. The van der Waals surface area contributed by atoms with Gasteiger partial charge >= 0.3 is 13.2 Å². The Morgan fingerprint density at radius 1 is 1.24 bits per heavy atom. The van der Waals surface area contributed by atoms with Crippen molar-refractivity contribution in [3.05, 3.63) is 35.9 Å². The van der Waals surface area contributed by atoms with Crippen LogP contribution in [0, 0.1) is 28.6 Å². The van der Waals surface area contributed by atoms with Crippen LogP contribution in [0.1, 0.15) is 64.9 Å². The Hall–Kier alpha value is -2.57. The van der Waals surface area contributed by atoms with Crippen molar-refractivity contribution in [3.8, 4) is 6.07 Å². The van der Waals surface area contributed by atoms with Crippen LogP contribution in [-0.2, 0) is 25.3 Å². The number of carbonyl (C=O) groups excluding carboxylic acids is 2. The number of hydrogen-bond acceptors (Lipinski definition) is 6. The summed E-state index contributed by atoms with van der Waals surface area (Å²) in [6.45, 7) is 7.74. The van der Waals surface area contributed by atoms with Crippen LogP contribution in [0.2, 0.25) is 0 Å². The normalized spacial score (nSPS) is 32.8. The van der Waals surface area contributed by atoms with Gasteiger partial charge in [-0.2, -0.15) is 5.26 Å². The molecule has 2 amide bonds. The molecule has 6 atom stereocenters. The Morgan fingerprint density at radius 2 is 2.03 bits per heavy atom. The predicted molar refractivity (Wildman–Crippen MR) is 138 cm³/mol. The summed E-state index contributed by atoms with van der Waals surface area (Å²) in [5.41, 5.74) is 0.943. The van der Waals surface area contributed by atoms with E-state index in [9.17, 15) is 9.59 Å². The van der Waals surface area contributed by atoms with Gasteiger partial charge in [0.25, 0.3) is 0 Å². The Kier molecular flexibility index (Phi) is 7.25. The van der Waals surface area contributed by atoms with E-state index in [1.54, 1.807) is 4.90 Å². The molecule has 2 aliphatic heterocycles. The molecular formula is C28H38BN3O5. The van der Waals surface area contributed by atoms with Crippen molar-refractivity contribution in [1.82, 2.24) is 10.2 Å². The second-order valence-electron chi connectivity index (χ2n) is 12.0. The highest BCUT2D eigenvalue weighted by molar-refractivity contribution is 6.47. The number of alkyl carbamates (subject to hydrolysis) is 1. The minimum Gasteiger partial charge on any atom is -0.444 e. The Balaban J connectivity index is 1.27. The first-order chi connectivity index (χ1) is 17.7. The van der Waals surface area contributed by atoms with Gasteiger partial charge in [0.2, 0.25) is 5.91 Å². The van der Waals surface area contributed by atoms with Crippen molar-refractivity contribution in [1.29, 1.82) is 5.26 Å². The van der Waals surface area contributed by atoms with Crippen molar-refractivity contribution in [3.63, 3.8) is 0 Å². The number of nitriles is 1. The summed E-state index contributed by atoms with van der Waals surface area (Å²) >= 11 is 0. The minimum atomic E-state index is -0.569. The number of likely N-dealkylation sites (tertiary alicyclic amines) is 1. The summed E-state index contributed by atoms with van der Waals surface area (Å²) in [4.78, 5) is 27.1. The molecule has 0 aromatic heterocycles. The van der Waals surface area contributed by atoms with Gasteiger partial charge in [-0.15, -0.1) is 0 Å². The van der Waals surface area contributed by atoms with Crippen LogP contribution in [0.4, 0.5) is 4.79 Å². The molecule has 2 saturated heterocycles. The molecule has 37 heavy (non-hydrogen) atoms. The largest absolute Gasteiger partial charge is 0.482 e. The summed E-state index contributed by atoms with van der Waals surface area (Å²) < 4.78 is 19.0. The maximum atomic E-state index is 13.2. The highest BCUT2D eigenvalue weighted by atomic mass is 16.7. The molecule has 2 bridgehead atoms. The number of hydrogen-bond donors (Lipinski definition) is 1. The first-order valence-electron chi connectivity index (χ1n) is 13.7.